The number of hydrogen-bond acceptors (Lipinski definition) is 3. The molecule has 1 aromatic heterocycles. The van der Waals surface area contributed by atoms with Gasteiger partial charge in [0.05, 0.1) is 17.2 Å². The second kappa shape index (κ2) is 8.54. The van der Waals surface area contributed by atoms with E-state index in [-0.39, 0.29) is 17.4 Å². The Balaban J connectivity index is 1.74. The van der Waals surface area contributed by atoms with Crippen LogP contribution >= 0.6 is 0 Å². The maximum Gasteiger partial charge on any atom is 0.387 e. The van der Waals surface area contributed by atoms with Crippen LogP contribution in [0.3, 0.4) is 0 Å². The SMILES string of the molecule is Cc1c(Cc2cccc(OC(F)F)c2)cc2c(=O)n(C3CCCCC3)cnc2c1C. The van der Waals surface area contributed by atoms with Crippen molar-refractivity contribution in [3.8, 4) is 5.75 Å². The molecule has 0 N–H and O–H groups in total. The lowest BCUT2D eigenvalue weighted by atomic mass is 9.93. The predicted octanol–water partition coefficient (Wildman–Crippen LogP) is 5.71. The molecule has 0 bridgehead atoms. The maximum absolute atomic E-state index is 13.3. The molecule has 0 amide bonds. The molecule has 1 heterocycles. The molecule has 0 atom stereocenters. The molecular weight excluding hydrogens is 386 g/mol. The predicted molar refractivity (Wildman–Crippen MR) is 113 cm³/mol. The van der Waals surface area contributed by atoms with Crippen molar-refractivity contribution in [2.75, 3.05) is 0 Å². The zero-order chi connectivity index (χ0) is 21.3. The van der Waals surface area contributed by atoms with Crippen molar-refractivity contribution in [2.45, 2.75) is 65.0 Å². The van der Waals surface area contributed by atoms with Crippen LogP contribution in [0, 0.1) is 13.8 Å². The highest BCUT2D eigenvalue weighted by Crippen LogP contribution is 2.29. The van der Waals surface area contributed by atoms with E-state index in [1.807, 2.05) is 26.0 Å². The standard InChI is InChI=1S/C24H26F2N2O2/c1-15-16(2)22-21(23(29)28(14-27-22)19-8-4-3-5-9-19)13-18(15)11-17-7-6-10-20(12-17)30-24(25)26/h6-7,10,12-14,19,24H,3-5,8-9,11H2,1-2H3. The molecule has 1 aliphatic carbocycles. The average molecular weight is 412 g/mol. The van der Waals surface area contributed by atoms with Gasteiger partial charge in [0.1, 0.15) is 5.75 Å². The first-order valence-electron chi connectivity index (χ1n) is 10.5. The Morgan fingerprint density at radius 1 is 1.13 bits per heavy atom. The molecule has 158 valence electrons. The summed E-state index contributed by atoms with van der Waals surface area (Å²) in [5, 5.41) is 0.626. The topological polar surface area (TPSA) is 44.1 Å². The van der Waals surface area contributed by atoms with Crippen molar-refractivity contribution >= 4 is 10.9 Å². The number of ether oxygens (including phenoxy) is 1. The van der Waals surface area contributed by atoms with Crippen LogP contribution in [-0.2, 0) is 6.42 Å². The highest BCUT2D eigenvalue weighted by molar-refractivity contribution is 5.83. The van der Waals surface area contributed by atoms with E-state index in [9.17, 15) is 13.6 Å². The Morgan fingerprint density at radius 3 is 2.63 bits per heavy atom. The van der Waals surface area contributed by atoms with Gasteiger partial charge in [-0.25, -0.2) is 4.98 Å². The Kier molecular flexibility index (Phi) is 5.84. The number of alkyl halides is 2. The number of aromatic nitrogens is 2. The number of halogens is 2. The van der Waals surface area contributed by atoms with Gasteiger partial charge < -0.3 is 4.74 Å². The van der Waals surface area contributed by atoms with E-state index >= 15 is 0 Å². The molecule has 2 aromatic carbocycles. The third-order valence-electron chi connectivity index (χ3n) is 6.24. The summed E-state index contributed by atoms with van der Waals surface area (Å²) < 4.78 is 31.4. The molecule has 4 nitrogen and oxygen atoms in total. The number of aryl methyl sites for hydroxylation is 1. The van der Waals surface area contributed by atoms with Gasteiger partial charge in [0.2, 0.25) is 0 Å². The third-order valence-corrected chi connectivity index (χ3v) is 6.24. The maximum atomic E-state index is 13.3. The molecule has 0 saturated heterocycles. The van der Waals surface area contributed by atoms with Gasteiger partial charge in [-0.2, -0.15) is 8.78 Å². The van der Waals surface area contributed by atoms with Crippen molar-refractivity contribution in [1.29, 1.82) is 0 Å². The van der Waals surface area contributed by atoms with Gasteiger partial charge in [-0.15, -0.1) is 0 Å². The van der Waals surface area contributed by atoms with Gasteiger partial charge in [-0.05, 0) is 73.6 Å². The fraction of sp³-hybridized carbons (Fsp3) is 0.417. The number of rotatable bonds is 5. The van der Waals surface area contributed by atoms with Crippen LogP contribution in [0.5, 0.6) is 5.75 Å². The van der Waals surface area contributed by atoms with Crippen LogP contribution in [0.1, 0.15) is 60.4 Å². The summed E-state index contributed by atoms with van der Waals surface area (Å²) in [6.45, 7) is 1.14. The molecule has 30 heavy (non-hydrogen) atoms. The van der Waals surface area contributed by atoms with Crippen LogP contribution < -0.4 is 10.3 Å². The van der Waals surface area contributed by atoms with Crippen molar-refractivity contribution in [3.63, 3.8) is 0 Å². The Labute approximate surface area is 174 Å². The second-order valence-corrected chi connectivity index (χ2v) is 8.13. The summed E-state index contributed by atoms with van der Waals surface area (Å²) in [4.78, 5) is 17.9. The fourth-order valence-electron chi connectivity index (χ4n) is 4.47. The number of benzene rings is 2. The highest BCUT2D eigenvalue weighted by Gasteiger charge is 2.19. The summed E-state index contributed by atoms with van der Waals surface area (Å²) in [5.41, 5.74) is 4.63. The van der Waals surface area contributed by atoms with Gasteiger partial charge in [0.15, 0.2) is 0 Å². The molecule has 0 unspecified atom stereocenters. The number of nitrogens with zero attached hydrogens (tertiary/aromatic N) is 2. The fourth-order valence-corrected chi connectivity index (χ4v) is 4.47. The third kappa shape index (κ3) is 4.09. The number of hydrogen-bond donors (Lipinski definition) is 0. The van der Waals surface area contributed by atoms with E-state index in [1.165, 1.54) is 12.5 Å². The molecule has 0 aliphatic heterocycles. The van der Waals surface area contributed by atoms with Crippen LogP contribution in [0.15, 0.2) is 41.5 Å². The summed E-state index contributed by atoms with van der Waals surface area (Å²) in [5.74, 6) is 0.138. The molecule has 1 aliphatic rings. The minimum atomic E-state index is -2.85. The van der Waals surface area contributed by atoms with E-state index in [0.29, 0.717) is 11.8 Å². The van der Waals surface area contributed by atoms with Gasteiger partial charge in [-0.3, -0.25) is 9.36 Å². The van der Waals surface area contributed by atoms with Gasteiger partial charge >= 0.3 is 6.61 Å². The first-order valence-corrected chi connectivity index (χ1v) is 10.5. The van der Waals surface area contributed by atoms with Crippen molar-refractivity contribution in [1.82, 2.24) is 9.55 Å². The Morgan fingerprint density at radius 2 is 1.90 bits per heavy atom. The van der Waals surface area contributed by atoms with Gasteiger partial charge in [0.25, 0.3) is 5.56 Å². The molecule has 1 fully saturated rings. The van der Waals surface area contributed by atoms with Crippen molar-refractivity contribution in [2.24, 2.45) is 0 Å². The Bertz CT molecular complexity index is 1120. The smallest absolute Gasteiger partial charge is 0.387 e. The largest absolute Gasteiger partial charge is 0.435 e. The lowest BCUT2D eigenvalue weighted by Crippen LogP contribution is -2.27. The number of fused-ring (bicyclic) bond motifs is 1. The minimum absolute atomic E-state index is 0.00559. The molecule has 0 radical (unpaired) electrons. The lowest BCUT2D eigenvalue weighted by Gasteiger charge is -2.24. The summed E-state index contributed by atoms with van der Waals surface area (Å²) >= 11 is 0. The van der Waals surface area contributed by atoms with Gasteiger partial charge in [-0.1, -0.05) is 31.4 Å². The van der Waals surface area contributed by atoms with Gasteiger partial charge in [0, 0.05) is 6.04 Å². The molecule has 6 heteroatoms. The van der Waals surface area contributed by atoms with E-state index in [0.717, 1.165) is 53.5 Å². The summed E-state index contributed by atoms with van der Waals surface area (Å²) in [6, 6.07) is 8.86. The second-order valence-electron chi connectivity index (χ2n) is 8.13. The summed E-state index contributed by atoms with van der Waals surface area (Å²) in [7, 11) is 0. The first-order chi connectivity index (χ1) is 14.4. The lowest BCUT2D eigenvalue weighted by molar-refractivity contribution is -0.0498. The van der Waals surface area contributed by atoms with Crippen LogP contribution in [0.25, 0.3) is 10.9 Å². The monoisotopic (exact) mass is 412 g/mol. The molecular formula is C24H26F2N2O2. The van der Waals surface area contributed by atoms with E-state index < -0.39 is 6.61 Å². The van der Waals surface area contributed by atoms with Crippen LogP contribution in [0.4, 0.5) is 8.78 Å². The van der Waals surface area contributed by atoms with Crippen molar-refractivity contribution < 1.29 is 13.5 Å². The average Bonchev–Trinajstić information content (AvgIpc) is 2.73. The quantitative estimate of drug-likeness (QED) is 0.539. The Hall–Kier alpha value is -2.76. The molecule has 1 saturated carbocycles. The normalized spacial score (nSPS) is 15.1. The zero-order valence-electron chi connectivity index (χ0n) is 17.3. The first kappa shape index (κ1) is 20.5. The van der Waals surface area contributed by atoms with E-state index in [4.69, 9.17) is 0 Å². The van der Waals surface area contributed by atoms with Crippen LogP contribution in [-0.4, -0.2) is 16.2 Å². The summed E-state index contributed by atoms with van der Waals surface area (Å²) in [6.07, 6.45) is 7.78. The minimum Gasteiger partial charge on any atom is -0.435 e. The van der Waals surface area contributed by atoms with E-state index in [1.54, 1.807) is 23.0 Å². The van der Waals surface area contributed by atoms with Crippen LogP contribution in [0.2, 0.25) is 0 Å². The van der Waals surface area contributed by atoms with Crippen molar-refractivity contribution in [3.05, 3.63) is 69.3 Å². The molecule has 4 rings (SSSR count). The highest BCUT2D eigenvalue weighted by atomic mass is 19.3. The molecule has 3 aromatic rings. The molecule has 0 spiro atoms. The zero-order valence-corrected chi connectivity index (χ0v) is 17.3. The van der Waals surface area contributed by atoms with E-state index in [2.05, 4.69) is 9.72 Å².